The van der Waals surface area contributed by atoms with Crippen LogP contribution in [0.3, 0.4) is 0 Å². The van der Waals surface area contributed by atoms with Gasteiger partial charge in [0, 0.05) is 12.6 Å². The maximum Gasteiger partial charge on any atom is 0.251 e. The topological polar surface area (TPSA) is 76.2 Å². The van der Waals surface area contributed by atoms with E-state index in [0.29, 0.717) is 5.56 Å². The molecular formula is C18H12F3N5O. The summed E-state index contributed by atoms with van der Waals surface area (Å²) in [7, 11) is 0. The van der Waals surface area contributed by atoms with Gasteiger partial charge in [0.2, 0.25) is 11.8 Å². The molecule has 0 atom stereocenters. The Morgan fingerprint density at radius 3 is 2.59 bits per heavy atom. The molecule has 0 saturated heterocycles. The van der Waals surface area contributed by atoms with E-state index in [4.69, 9.17) is 0 Å². The minimum Gasteiger partial charge on any atom is -0.491 e. The molecule has 0 bridgehead atoms. The van der Waals surface area contributed by atoms with E-state index in [-0.39, 0.29) is 29.3 Å². The summed E-state index contributed by atoms with van der Waals surface area (Å²) in [6.45, 7) is 1.77. The number of hydrogen-bond donors (Lipinski definition) is 1. The van der Waals surface area contributed by atoms with Crippen molar-refractivity contribution in [2.45, 2.75) is 13.3 Å². The van der Waals surface area contributed by atoms with Gasteiger partial charge in [0.1, 0.15) is 11.5 Å². The highest BCUT2D eigenvalue weighted by atomic mass is 19.1. The van der Waals surface area contributed by atoms with Crippen molar-refractivity contribution >= 4 is 5.65 Å². The van der Waals surface area contributed by atoms with Gasteiger partial charge in [0.15, 0.2) is 11.5 Å². The average molecular weight is 371 g/mol. The first-order valence-corrected chi connectivity index (χ1v) is 7.92. The molecule has 4 rings (SSSR count). The number of hydrogen-bond acceptors (Lipinski definition) is 5. The first kappa shape index (κ1) is 17.0. The van der Waals surface area contributed by atoms with Crippen molar-refractivity contribution in [2.24, 2.45) is 0 Å². The van der Waals surface area contributed by atoms with Crippen LogP contribution in [-0.2, 0) is 6.42 Å². The minimum atomic E-state index is -0.990. The Labute approximate surface area is 151 Å². The van der Waals surface area contributed by atoms with Gasteiger partial charge in [0.05, 0.1) is 18.1 Å². The van der Waals surface area contributed by atoms with Crippen LogP contribution >= 0.6 is 0 Å². The Balaban J connectivity index is 1.87. The van der Waals surface area contributed by atoms with E-state index in [0.717, 1.165) is 22.4 Å². The lowest BCUT2D eigenvalue weighted by molar-refractivity contribution is 0.409. The summed E-state index contributed by atoms with van der Waals surface area (Å²) in [5, 5.41) is 9.46. The molecular weight excluding hydrogens is 359 g/mol. The van der Waals surface area contributed by atoms with E-state index in [1.807, 2.05) is 0 Å². The quantitative estimate of drug-likeness (QED) is 0.599. The minimum absolute atomic E-state index is 0.0487. The molecule has 0 aliphatic carbocycles. The van der Waals surface area contributed by atoms with Gasteiger partial charge in [0.25, 0.3) is 5.88 Å². The third-order valence-corrected chi connectivity index (χ3v) is 4.04. The fraction of sp³-hybridized carbons (Fsp3) is 0.111. The summed E-state index contributed by atoms with van der Waals surface area (Å²) < 4.78 is 42.7. The van der Waals surface area contributed by atoms with Crippen LogP contribution in [0.15, 0.2) is 36.8 Å². The fourth-order valence-electron chi connectivity index (χ4n) is 2.71. The SMILES string of the molecule is Cc1ccc(Cc2nc(-c3ncc(F)c(O)n3)cn3c(F)cnc23)c(F)c1. The van der Waals surface area contributed by atoms with Crippen molar-refractivity contribution in [3.05, 3.63) is 71.2 Å². The van der Waals surface area contributed by atoms with Gasteiger partial charge in [-0.05, 0) is 24.1 Å². The summed E-state index contributed by atoms with van der Waals surface area (Å²) in [4.78, 5) is 15.7. The molecule has 4 aromatic rings. The molecule has 0 spiro atoms. The van der Waals surface area contributed by atoms with Crippen LogP contribution in [0.5, 0.6) is 5.88 Å². The molecule has 0 aliphatic heterocycles. The van der Waals surface area contributed by atoms with E-state index in [1.54, 1.807) is 19.1 Å². The van der Waals surface area contributed by atoms with Crippen molar-refractivity contribution in [1.82, 2.24) is 24.3 Å². The zero-order chi connectivity index (χ0) is 19.1. The second-order valence-electron chi connectivity index (χ2n) is 5.98. The Morgan fingerprint density at radius 2 is 1.85 bits per heavy atom. The lowest BCUT2D eigenvalue weighted by atomic mass is 10.1. The number of fused-ring (bicyclic) bond motifs is 1. The van der Waals surface area contributed by atoms with E-state index >= 15 is 0 Å². The smallest absolute Gasteiger partial charge is 0.251 e. The summed E-state index contributed by atoms with van der Waals surface area (Å²) in [5.41, 5.74) is 1.70. The highest BCUT2D eigenvalue weighted by Gasteiger charge is 2.17. The fourth-order valence-corrected chi connectivity index (χ4v) is 2.71. The first-order chi connectivity index (χ1) is 12.9. The van der Waals surface area contributed by atoms with Crippen LogP contribution in [0.4, 0.5) is 13.2 Å². The highest BCUT2D eigenvalue weighted by molar-refractivity contribution is 5.56. The maximum atomic E-state index is 14.2. The number of benzene rings is 1. The predicted molar refractivity (Wildman–Crippen MR) is 89.5 cm³/mol. The number of aromatic hydroxyl groups is 1. The van der Waals surface area contributed by atoms with Gasteiger partial charge >= 0.3 is 0 Å². The number of imidazole rings is 1. The number of halogens is 3. The lowest BCUT2D eigenvalue weighted by Gasteiger charge is -2.09. The monoisotopic (exact) mass is 371 g/mol. The van der Waals surface area contributed by atoms with Crippen molar-refractivity contribution in [3.8, 4) is 17.4 Å². The predicted octanol–water partition coefficient (Wildman–Crippen LogP) is 3.21. The van der Waals surface area contributed by atoms with Gasteiger partial charge < -0.3 is 5.11 Å². The maximum absolute atomic E-state index is 14.2. The van der Waals surface area contributed by atoms with Crippen LogP contribution in [0, 0.1) is 24.5 Å². The third kappa shape index (κ3) is 3.07. The molecule has 0 radical (unpaired) electrons. The molecule has 0 saturated carbocycles. The molecule has 0 amide bonds. The van der Waals surface area contributed by atoms with Crippen LogP contribution in [0.1, 0.15) is 16.8 Å². The zero-order valence-electron chi connectivity index (χ0n) is 14.0. The van der Waals surface area contributed by atoms with Gasteiger partial charge in [-0.25, -0.2) is 19.3 Å². The average Bonchev–Trinajstić information content (AvgIpc) is 3.01. The van der Waals surface area contributed by atoms with E-state index in [9.17, 15) is 18.3 Å². The van der Waals surface area contributed by atoms with E-state index < -0.39 is 23.5 Å². The molecule has 0 unspecified atom stereocenters. The Hall–Kier alpha value is -3.49. The molecule has 1 N–H and O–H groups in total. The highest BCUT2D eigenvalue weighted by Crippen LogP contribution is 2.22. The van der Waals surface area contributed by atoms with Gasteiger partial charge in [-0.1, -0.05) is 12.1 Å². The molecule has 3 aromatic heterocycles. The Morgan fingerprint density at radius 1 is 1.04 bits per heavy atom. The third-order valence-electron chi connectivity index (χ3n) is 4.04. The van der Waals surface area contributed by atoms with Crippen molar-refractivity contribution in [1.29, 1.82) is 0 Å². The molecule has 3 heterocycles. The van der Waals surface area contributed by atoms with E-state index in [1.165, 1.54) is 12.3 Å². The second kappa shape index (κ2) is 6.35. The Kier molecular flexibility index (Phi) is 3.98. The molecule has 6 nitrogen and oxygen atoms in total. The molecule has 0 fully saturated rings. The molecule has 9 heteroatoms. The van der Waals surface area contributed by atoms with Crippen LogP contribution in [-0.4, -0.2) is 29.4 Å². The zero-order valence-corrected chi connectivity index (χ0v) is 14.0. The second-order valence-corrected chi connectivity index (χ2v) is 5.98. The van der Waals surface area contributed by atoms with Crippen LogP contribution in [0.2, 0.25) is 0 Å². The summed E-state index contributed by atoms with van der Waals surface area (Å²) >= 11 is 0. The first-order valence-electron chi connectivity index (χ1n) is 7.92. The van der Waals surface area contributed by atoms with Gasteiger partial charge in [-0.15, -0.1) is 0 Å². The largest absolute Gasteiger partial charge is 0.491 e. The normalized spacial score (nSPS) is 11.3. The van der Waals surface area contributed by atoms with Crippen LogP contribution < -0.4 is 0 Å². The summed E-state index contributed by atoms with van der Waals surface area (Å²) in [6.07, 6.45) is 3.12. The standard InChI is InChI=1S/C18H12F3N5O/c1-9-2-3-10(11(19)4-9)5-13-17-23-7-15(21)26(17)8-14(24-13)16-22-6-12(20)18(27)25-16/h2-4,6-8H,5H2,1H3,(H,22,25,27). The lowest BCUT2D eigenvalue weighted by Crippen LogP contribution is -2.05. The van der Waals surface area contributed by atoms with Crippen molar-refractivity contribution in [2.75, 3.05) is 0 Å². The van der Waals surface area contributed by atoms with Crippen molar-refractivity contribution in [3.63, 3.8) is 0 Å². The molecule has 0 aliphatic rings. The number of nitrogens with zero attached hydrogens (tertiary/aromatic N) is 5. The molecule has 27 heavy (non-hydrogen) atoms. The van der Waals surface area contributed by atoms with E-state index in [2.05, 4.69) is 19.9 Å². The van der Waals surface area contributed by atoms with Gasteiger partial charge in [-0.3, -0.25) is 4.40 Å². The van der Waals surface area contributed by atoms with Crippen molar-refractivity contribution < 1.29 is 18.3 Å². The number of rotatable bonds is 3. The van der Waals surface area contributed by atoms with Gasteiger partial charge in [-0.2, -0.15) is 13.8 Å². The number of aryl methyl sites for hydroxylation is 1. The molecule has 1 aromatic carbocycles. The van der Waals surface area contributed by atoms with Crippen LogP contribution in [0.25, 0.3) is 17.2 Å². The summed E-state index contributed by atoms with van der Waals surface area (Å²) in [5.74, 6) is -3.02. The Bertz CT molecular complexity index is 1180. The summed E-state index contributed by atoms with van der Waals surface area (Å²) in [6, 6.07) is 4.77. The molecule has 136 valence electrons. The number of aromatic nitrogens is 5.